The summed E-state index contributed by atoms with van der Waals surface area (Å²) >= 11 is 5.84. The highest BCUT2D eigenvalue weighted by molar-refractivity contribution is 6.30. The maximum atomic E-state index is 11.1. The molecule has 2 aromatic carbocycles. The van der Waals surface area contributed by atoms with Crippen LogP contribution < -0.4 is 9.47 Å². The number of carbonyl (C=O) groups is 1. The average Bonchev–Trinajstić information content (AvgIpc) is 2.45. The molecule has 0 bridgehead atoms. The van der Waals surface area contributed by atoms with Crippen molar-refractivity contribution in [1.82, 2.24) is 0 Å². The number of aromatic carboxylic acids is 1. The maximum absolute atomic E-state index is 11.1. The van der Waals surface area contributed by atoms with Gasteiger partial charge in [0, 0.05) is 5.02 Å². The van der Waals surface area contributed by atoms with Crippen LogP contribution in [-0.4, -0.2) is 24.3 Å². The Kier molecular flexibility index (Phi) is 5.06. The van der Waals surface area contributed by atoms with Gasteiger partial charge in [-0.25, -0.2) is 4.79 Å². The van der Waals surface area contributed by atoms with Crippen molar-refractivity contribution >= 4 is 17.6 Å². The smallest absolute Gasteiger partial charge is 0.339 e. The zero-order chi connectivity index (χ0) is 15.2. The Balaban J connectivity index is 1.90. The van der Waals surface area contributed by atoms with E-state index in [-0.39, 0.29) is 17.9 Å². The fourth-order valence-corrected chi connectivity index (χ4v) is 1.90. The zero-order valence-electron chi connectivity index (χ0n) is 11.5. The summed E-state index contributed by atoms with van der Waals surface area (Å²) in [6.45, 7) is 2.54. The van der Waals surface area contributed by atoms with E-state index in [1.165, 1.54) is 18.2 Å². The van der Waals surface area contributed by atoms with E-state index in [1.807, 2.05) is 31.2 Å². The zero-order valence-corrected chi connectivity index (χ0v) is 12.3. The molecule has 0 unspecified atom stereocenters. The topological polar surface area (TPSA) is 55.8 Å². The second-order valence-electron chi connectivity index (χ2n) is 4.46. The summed E-state index contributed by atoms with van der Waals surface area (Å²) in [7, 11) is 0. The van der Waals surface area contributed by atoms with Gasteiger partial charge in [0.2, 0.25) is 0 Å². The molecule has 110 valence electrons. The minimum Gasteiger partial charge on any atom is -0.490 e. The van der Waals surface area contributed by atoms with Gasteiger partial charge in [0.25, 0.3) is 0 Å². The molecule has 0 aliphatic heterocycles. The number of rotatable bonds is 6. The average molecular weight is 307 g/mol. The SMILES string of the molecule is Cc1ccc(OCCOc2cc(Cl)ccc2C(=O)O)cc1. The molecular weight excluding hydrogens is 292 g/mol. The summed E-state index contributed by atoms with van der Waals surface area (Å²) in [6.07, 6.45) is 0. The fraction of sp³-hybridized carbons (Fsp3) is 0.188. The molecule has 5 heteroatoms. The van der Waals surface area contributed by atoms with E-state index in [2.05, 4.69) is 0 Å². The van der Waals surface area contributed by atoms with E-state index in [0.717, 1.165) is 11.3 Å². The molecule has 0 fully saturated rings. The lowest BCUT2D eigenvalue weighted by atomic mass is 10.2. The number of benzene rings is 2. The summed E-state index contributed by atoms with van der Waals surface area (Å²) in [6, 6.07) is 12.1. The minimum absolute atomic E-state index is 0.0785. The fourth-order valence-electron chi connectivity index (χ4n) is 1.74. The number of aryl methyl sites for hydroxylation is 1. The first-order valence-corrected chi connectivity index (χ1v) is 6.79. The van der Waals surface area contributed by atoms with Crippen molar-refractivity contribution in [3.63, 3.8) is 0 Å². The van der Waals surface area contributed by atoms with Crippen molar-refractivity contribution in [2.75, 3.05) is 13.2 Å². The van der Waals surface area contributed by atoms with Crippen molar-refractivity contribution in [2.24, 2.45) is 0 Å². The third-order valence-electron chi connectivity index (χ3n) is 2.80. The molecular formula is C16H15ClO4. The summed E-state index contributed by atoms with van der Waals surface area (Å²) in [5, 5.41) is 9.49. The van der Waals surface area contributed by atoms with Gasteiger partial charge in [0.15, 0.2) is 0 Å². The molecule has 0 amide bonds. The molecule has 4 nitrogen and oxygen atoms in total. The quantitative estimate of drug-likeness (QED) is 0.825. The van der Waals surface area contributed by atoms with Crippen molar-refractivity contribution in [2.45, 2.75) is 6.92 Å². The number of carboxylic acid groups (broad SMARTS) is 1. The highest BCUT2D eigenvalue weighted by atomic mass is 35.5. The third-order valence-corrected chi connectivity index (χ3v) is 3.04. The molecule has 0 saturated carbocycles. The first-order chi connectivity index (χ1) is 10.1. The molecule has 0 aromatic heterocycles. The van der Waals surface area contributed by atoms with Crippen molar-refractivity contribution in [3.8, 4) is 11.5 Å². The van der Waals surface area contributed by atoms with Crippen LogP contribution >= 0.6 is 11.6 Å². The Morgan fingerprint density at radius 2 is 1.76 bits per heavy atom. The molecule has 21 heavy (non-hydrogen) atoms. The molecule has 0 heterocycles. The number of hydrogen-bond donors (Lipinski definition) is 1. The lowest BCUT2D eigenvalue weighted by Crippen LogP contribution is -2.11. The van der Waals surface area contributed by atoms with Crippen LogP contribution in [-0.2, 0) is 0 Å². The molecule has 0 aliphatic carbocycles. The van der Waals surface area contributed by atoms with Gasteiger partial charge in [-0.2, -0.15) is 0 Å². The Labute approximate surface area is 127 Å². The number of halogens is 1. The summed E-state index contributed by atoms with van der Waals surface area (Å²) < 4.78 is 10.9. The molecule has 0 spiro atoms. The van der Waals surface area contributed by atoms with Crippen LogP contribution in [0.1, 0.15) is 15.9 Å². The van der Waals surface area contributed by atoms with Gasteiger partial charge < -0.3 is 14.6 Å². The van der Waals surface area contributed by atoms with E-state index in [1.54, 1.807) is 0 Å². The summed E-state index contributed by atoms with van der Waals surface area (Å²) in [5.41, 5.74) is 1.23. The van der Waals surface area contributed by atoms with Gasteiger partial charge in [0.05, 0.1) is 0 Å². The van der Waals surface area contributed by atoms with E-state index in [0.29, 0.717) is 11.6 Å². The van der Waals surface area contributed by atoms with Gasteiger partial charge in [-0.15, -0.1) is 0 Å². The van der Waals surface area contributed by atoms with E-state index < -0.39 is 5.97 Å². The van der Waals surface area contributed by atoms with E-state index >= 15 is 0 Å². The van der Waals surface area contributed by atoms with Crippen LogP contribution in [0.5, 0.6) is 11.5 Å². The Morgan fingerprint density at radius 1 is 1.10 bits per heavy atom. The van der Waals surface area contributed by atoms with E-state index in [9.17, 15) is 4.79 Å². The van der Waals surface area contributed by atoms with Gasteiger partial charge >= 0.3 is 5.97 Å². The monoisotopic (exact) mass is 306 g/mol. The molecule has 0 radical (unpaired) electrons. The van der Waals surface area contributed by atoms with Crippen LogP contribution in [0.2, 0.25) is 5.02 Å². The second kappa shape index (κ2) is 6.99. The van der Waals surface area contributed by atoms with Gasteiger partial charge in [-0.05, 0) is 37.3 Å². The molecule has 0 atom stereocenters. The molecule has 2 aromatic rings. The maximum Gasteiger partial charge on any atom is 0.339 e. The molecule has 1 N–H and O–H groups in total. The van der Waals surface area contributed by atoms with Crippen LogP contribution in [0.4, 0.5) is 0 Å². The number of carboxylic acids is 1. The van der Waals surface area contributed by atoms with Crippen LogP contribution in [0.15, 0.2) is 42.5 Å². The van der Waals surface area contributed by atoms with Crippen LogP contribution in [0, 0.1) is 6.92 Å². The Morgan fingerprint density at radius 3 is 2.43 bits per heavy atom. The van der Waals surface area contributed by atoms with Gasteiger partial charge in [0.1, 0.15) is 30.3 Å². The Hall–Kier alpha value is -2.20. The summed E-state index contributed by atoms with van der Waals surface area (Å²) in [4.78, 5) is 11.1. The Bertz CT molecular complexity index is 623. The minimum atomic E-state index is -1.05. The first-order valence-electron chi connectivity index (χ1n) is 6.41. The standard InChI is InChI=1S/C16H15ClO4/c1-11-2-5-13(6-3-11)20-8-9-21-15-10-12(17)4-7-14(15)16(18)19/h2-7,10H,8-9H2,1H3,(H,18,19). The lowest BCUT2D eigenvalue weighted by Gasteiger charge is -2.10. The van der Waals surface area contributed by atoms with Crippen molar-refractivity contribution in [3.05, 3.63) is 58.6 Å². The van der Waals surface area contributed by atoms with Crippen LogP contribution in [0.25, 0.3) is 0 Å². The third kappa shape index (κ3) is 4.39. The highest BCUT2D eigenvalue weighted by Gasteiger charge is 2.11. The summed E-state index contributed by atoms with van der Waals surface area (Å²) in [5.74, 6) is -0.0719. The van der Waals surface area contributed by atoms with Crippen molar-refractivity contribution in [1.29, 1.82) is 0 Å². The predicted molar refractivity (Wildman–Crippen MR) is 80.6 cm³/mol. The van der Waals surface area contributed by atoms with Gasteiger partial charge in [-0.1, -0.05) is 29.3 Å². The molecule has 0 saturated heterocycles. The predicted octanol–water partition coefficient (Wildman–Crippen LogP) is 3.80. The first kappa shape index (κ1) is 15.2. The second-order valence-corrected chi connectivity index (χ2v) is 4.89. The van der Waals surface area contributed by atoms with E-state index in [4.69, 9.17) is 26.2 Å². The largest absolute Gasteiger partial charge is 0.490 e. The number of hydrogen-bond acceptors (Lipinski definition) is 3. The van der Waals surface area contributed by atoms with Gasteiger partial charge in [-0.3, -0.25) is 0 Å². The normalized spacial score (nSPS) is 10.2. The lowest BCUT2D eigenvalue weighted by molar-refractivity contribution is 0.0691. The highest BCUT2D eigenvalue weighted by Crippen LogP contribution is 2.23. The molecule has 0 aliphatic rings. The van der Waals surface area contributed by atoms with Crippen molar-refractivity contribution < 1.29 is 19.4 Å². The van der Waals surface area contributed by atoms with Crippen LogP contribution in [0.3, 0.4) is 0 Å². The number of ether oxygens (including phenoxy) is 2. The molecule has 2 rings (SSSR count).